The maximum atomic E-state index is 13.6. The molecule has 0 radical (unpaired) electrons. The Kier molecular flexibility index (Phi) is 4.04. The van der Waals surface area contributed by atoms with E-state index in [0.717, 1.165) is 23.2 Å². The number of carbonyl (C=O) groups excluding carboxylic acids is 1. The van der Waals surface area contributed by atoms with E-state index >= 15 is 0 Å². The first-order valence-corrected chi connectivity index (χ1v) is 7.31. The van der Waals surface area contributed by atoms with Gasteiger partial charge in [-0.3, -0.25) is 9.78 Å². The highest BCUT2D eigenvalue weighted by Gasteiger charge is 2.25. The minimum atomic E-state index is -0.578. The third-order valence-corrected chi connectivity index (χ3v) is 3.74. The maximum Gasteiger partial charge on any atom is 0.261 e. The number of nitrogens with one attached hydrogen (secondary N) is 1. The molecule has 1 saturated heterocycles. The molecule has 2 aromatic rings. The van der Waals surface area contributed by atoms with E-state index in [1.54, 1.807) is 12.3 Å². The van der Waals surface area contributed by atoms with Crippen LogP contribution in [0.25, 0.3) is 11.1 Å². The zero-order chi connectivity index (χ0) is 15.5. The van der Waals surface area contributed by atoms with Crippen LogP contribution in [0.3, 0.4) is 0 Å². The highest BCUT2D eigenvalue weighted by molar-refractivity contribution is 5.82. The van der Waals surface area contributed by atoms with Crippen molar-refractivity contribution in [1.82, 2.24) is 10.3 Å². The predicted molar refractivity (Wildman–Crippen MR) is 81.0 cm³/mol. The molecule has 1 atom stereocenters. The second kappa shape index (κ2) is 6.13. The van der Waals surface area contributed by atoms with Gasteiger partial charge in [-0.25, -0.2) is 4.39 Å². The molecule has 3 rings (SSSR count). The van der Waals surface area contributed by atoms with Crippen LogP contribution in [0.4, 0.5) is 4.39 Å². The topological polar surface area (TPSA) is 51.2 Å². The van der Waals surface area contributed by atoms with Crippen LogP contribution in [0.15, 0.2) is 36.5 Å². The summed E-state index contributed by atoms with van der Waals surface area (Å²) >= 11 is 0. The number of pyridine rings is 1. The van der Waals surface area contributed by atoms with Gasteiger partial charge in [-0.15, -0.1) is 0 Å². The summed E-state index contributed by atoms with van der Waals surface area (Å²) in [5.41, 5.74) is 2.44. The lowest BCUT2D eigenvalue weighted by molar-refractivity contribution is -0.129. The van der Waals surface area contributed by atoms with Crippen molar-refractivity contribution in [3.05, 3.63) is 48.0 Å². The molecule has 1 aliphatic heterocycles. The molecule has 1 fully saturated rings. The SMILES string of the molecule is Cc1ncccc1-c1ccc(F)cc1OC1CCCNC1=O. The molecular formula is C17H17FN2O2. The number of rotatable bonds is 3. The molecule has 1 amide bonds. The highest BCUT2D eigenvalue weighted by Crippen LogP contribution is 2.33. The smallest absolute Gasteiger partial charge is 0.261 e. The fraction of sp³-hybridized carbons (Fsp3) is 0.294. The van der Waals surface area contributed by atoms with Crippen LogP contribution in [0.1, 0.15) is 18.5 Å². The van der Waals surface area contributed by atoms with E-state index in [-0.39, 0.29) is 5.91 Å². The monoisotopic (exact) mass is 300 g/mol. The zero-order valence-electron chi connectivity index (χ0n) is 12.3. The molecule has 1 aromatic carbocycles. The Morgan fingerprint density at radius 1 is 1.32 bits per heavy atom. The van der Waals surface area contributed by atoms with Crippen LogP contribution in [-0.4, -0.2) is 23.5 Å². The molecule has 0 saturated carbocycles. The highest BCUT2D eigenvalue weighted by atomic mass is 19.1. The molecule has 1 aliphatic rings. The fourth-order valence-electron chi connectivity index (χ4n) is 2.59. The minimum Gasteiger partial charge on any atom is -0.480 e. The summed E-state index contributed by atoms with van der Waals surface area (Å²) < 4.78 is 19.4. The molecule has 0 spiro atoms. The Balaban J connectivity index is 1.98. The number of amides is 1. The number of aryl methyl sites for hydroxylation is 1. The molecular weight excluding hydrogens is 283 g/mol. The molecule has 0 aliphatic carbocycles. The Morgan fingerprint density at radius 3 is 2.95 bits per heavy atom. The molecule has 1 aromatic heterocycles. The third-order valence-electron chi connectivity index (χ3n) is 3.74. The van der Waals surface area contributed by atoms with Crippen molar-refractivity contribution in [2.75, 3.05) is 6.54 Å². The van der Waals surface area contributed by atoms with Gasteiger partial charge in [0.1, 0.15) is 11.6 Å². The predicted octanol–water partition coefficient (Wildman–Crippen LogP) is 2.85. The van der Waals surface area contributed by atoms with Gasteiger partial charge < -0.3 is 10.1 Å². The number of carbonyl (C=O) groups is 1. The molecule has 2 heterocycles. The lowest BCUT2D eigenvalue weighted by atomic mass is 10.0. The van der Waals surface area contributed by atoms with Gasteiger partial charge in [-0.2, -0.15) is 0 Å². The number of aromatic nitrogens is 1. The van der Waals surface area contributed by atoms with Crippen LogP contribution in [0.5, 0.6) is 5.75 Å². The molecule has 0 bridgehead atoms. The van der Waals surface area contributed by atoms with Crippen LogP contribution in [0, 0.1) is 12.7 Å². The van der Waals surface area contributed by atoms with Crippen molar-refractivity contribution in [3.8, 4) is 16.9 Å². The van der Waals surface area contributed by atoms with E-state index < -0.39 is 11.9 Å². The summed E-state index contributed by atoms with van der Waals surface area (Å²) in [6, 6.07) is 8.10. The Labute approximate surface area is 128 Å². The largest absolute Gasteiger partial charge is 0.480 e. The first-order chi connectivity index (χ1) is 10.6. The van der Waals surface area contributed by atoms with Gasteiger partial charge >= 0.3 is 0 Å². The zero-order valence-corrected chi connectivity index (χ0v) is 12.3. The molecule has 22 heavy (non-hydrogen) atoms. The van der Waals surface area contributed by atoms with Crippen molar-refractivity contribution < 1.29 is 13.9 Å². The number of nitrogens with zero attached hydrogens (tertiary/aromatic N) is 1. The van der Waals surface area contributed by atoms with Gasteiger partial charge in [-0.1, -0.05) is 6.07 Å². The third kappa shape index (κ3) is 2.93. The summed E-state index contributed by atoms with van der Waals surface area (Å²) in [6.07, 6.45) is 2.62. The van der Waals surface area contributed by atoms with Gasteiger partial charge in [0.15, 0.2) is 6.10 Å². The van der Waals surface area contributed by atoms with Gasteiger partial charge in [0.25, 0.3) is 5.91 Å². The second-order valence-corrected chi connectivity index (χ2v) is 5.32. The summed E-state index contributed by atoms with van der Waals surface area (Å²) in [7, 11) is 0. The van der Waals surface area contributed by atoms with E-state index in [1.807, 2.05) is 19.1 Å². The Morgan fingerprint density at radius 2 is 2.18 bits per heavy atom. The average Bonchev–Trinajstić information content (AvgIpc) is 2.51. The van der Waals surface area contributed by atoms with Crippen molar-refractivity contribution in [1.29, 1.82) is 0 Å². The number of ether oxygens (including phenoxy) is 1. The standard InChI is InChI=1S/C17H17FN2O2/c1-11-13(4-2-8-19-11)14-7-6-12(18)10-16(14)22-15-5-3-9-20-17(15)21/h2,4,6-8,10,15H,3,5,9H2,1H3,(H,20,21). The van der Waals surface area contributed by atoms with Crippen molar-refractivity contribution in [2.45, 2.75) is 25.9 Å². The first-order valence-electron chi connectivity index (χ1n) is 7.31. The van der Waals surface area contributed by atoms with Gasteiger partial charge in [-0.05, 0) is 38.0 Å². The number of piperidine rings is 1. The van der Waals surface area contributed by atoms with E-state index in [1.165, 1.54) is 12.1 Å². The number of hydrogen-bond donors (Lipinski definition) is 1. The van der Waals surface area contributed by atoms with Gasteiger partial charge in [0, 0.05) is 35.6 Å². The van der Waals surface area contributed by atoms with Gasteiger partial charge in [0.05, 0.1) is 0 Å². The summed E-state index contributed by atoms with van der Waals surface area (Å²) in [4.78, 5) is 16.1. The van der Waals surface area contributed by atoms with E-state index in [0.29, 0.717) is 18.7 Å². The van der Waals surface area contributed by atoms with Crippen LogP contribution in [0.2, 0.25) is 0 Å². The first kappa shape index (κ1) is 14.5. The normalized spacial score (nSPS) is 17.9. The maximum absolute atomic E-state index is 13.6. The quantitative estimate of drug-likeness (QED) is 0.948. The van der Waals surface area contributed by atoms with Gasteiger partial charge in [0.2, 0.25) is 0 Å². The summed E-state index contributed by atoms with van der Waals surface area (Å²) in [5.74, 6) is -0.168. The van der Waals surface area contributed by atoms with Crippen LogP contribution >= 0.6 is 0 Å². The second-order valence-electron chi connectivity index (χ2n) is 5.32. The van der Waals surface area contributed by atoms with Crippen LogP contribution < -0.4 is 10.1 Å². The number of halogens is 1. The lowest BCUT2D eigenvalue weighted by Gasteiger charge is -2.24. The Hall–Kier alpha value is -2.43. The molecule has 5 heteroatoms. The molecule has 114 valence electrons. The van der Waals surface area contributed by atoms with E-state index in [2.05, 4.69) is 10.3 Å². The molecule has 1 N–H and O–H groups in total. The van der Waals surface area contributed by atoms with E-state index in [9.17, 15) is 9.18 Å². The fourth-order valence-corrected chi connectivity index (χ4v) is 2.59. The van der Waals surface area contributed by atoms with Crippen molar-refractivity contribution in [2.24, 2.45) is 0 Å². The Bertz CT molecular complexity index is 703. The number of benzene rings is 1. The molecule has 4 nitrogen and oxygen atoms in total. The summed E-state index contributed by atoms with van der Waals surface area (Å²) in [6.45, 7) is 2.55. The van der Waals surface area contributed by atoms with Crippen molar-refractivity contribution >= 4 is 5.91 Å². The average molecular weight is 300 g/mol. The number of hydrogen-bond acceptors (Lipinski definition) is 3. The molecule has 1 unspecified atom stereocenters. The lowest BCUT2D eigenvalue weighted by Crippen LogP contribution is -2.43. The van der Waals surface area contributed by atoms with E-state index in [4.69, 9.17) is 4.74 Å². The summed E-state index contributed by atoms with van der Waals surface area (Å²) in [5, 5.41) is 2.77. The minimum absolute atomic E-state index is 0.149. The van der Waals surface area contributed by atoms with Crippen LogP contribution in [-0.2, 0) is 4.79 Å². The van der Waals surface area contributed by atoms with Crippen molar-refractivity contribution in [3.63, 3.8) is 0 Å².